The van der Waals surface area contributed by atoms with Crippen molar-refractivity contribution in [1.82, 2.24) is 24.9 Å². The van der Waals surface area contributed by atoms with Crippen molar-refractivity contribution in [2.24, 2.45) is 5.73 Å². The van der Waals surface area contributed by atoms with E-state index in [0.29, 0.717) is 35.9 Å². The van der Waals surface area contributed by atoms with Crippen LogP contribution in [-0.2, 0) is 13.0 Å². The van der Waals surface area contributed by atoms with Crippen molar-refractivity contribution >= 4 is 17.4 Å². The number of rotatable bonds is 4. The predicted molar refractivity (Wildman–Crippen MR) is 131 cm³/mol. The van der Waals surface area contributed by atoms with Gasteiger partial charge < -0.3 is 15.6 Å². The Morgan fingerprint density at radius 3 is 2.72 bits per heavy atom. The maximum absolute atomic E-state index is 15.8. The van der Waals surface area contributed by atoms with Crippen molar-refractivity contribution in [2.75, 3.05) is 5.32 Å². The first-order valence-electron chi connectivity index (χ1n) is 11.3. The van der Waals surface area contributed by atoms with E-state index in [1.807, 2.05) is 30.3 Å². The van der Waals surface area contributed by atoms with Crippen molar-refractivity contribution in [1.29, 1.82) is 0 Å². The number of aryl methyl sites for hydroxylation is 2. The zero-order valence-corrected chi connectivity index (χ0v) is 19.2. The van der Waals surface area contributed by atoms with E-state index in [-0.39, 0.29) is 28.3 Å². The Kier molecular flexibility index (Phi) is 5.06. The molecule has 2 aromatic carbocycles. The molecule has 6 rings (SSSR count). The van der Waals surface area contributed by atoms with E-state index in [4.69, 9.17) is 10.3 Å². The summed E-state index contributed by atoms with van der Waals surface area (Å²) in [5, 5.41) is 11.8. The fourth-order valence-corrected chi connectivity index (χ4v) is 4.42. The molecule has 1 aliphatic heterocycles. The van der Waals surface area contributed by atoms with Gasteiger partial charge in [0.25, 0.3) is 11.8 Å². The highest BCUT2D eigenvalue weighted by Crippen LogP contribution is 2.37. The Hall–Kier alpha value is -4.86. The minimum absolute atomic E-state index is 0.132. The number of benzene rings is 2. The normalized spacial score (nSPS) is 12.4. The van der Waals surface area contributed by atoms with E-state index in [1.54, 1.807) is 42.1 Å². The van der Waals surface area contributed by atoms with Crippen LogP contribution in [0, 0.1) is 12.7 Å². The van der Waals surface area contributed by atoms with Crippen molar-refractivity contribution in [2.45, 2.75) is 19.9 Å². The van der Waals surface area contributed by atoms with Crippen LogP contribution in [0.5, 0.6) is 0 Å². The lowest BCUT2D eigenvalue weighted by molar-refractivity contribution is 0.100. The quantitative estimate of drug-likeness (QED) is 0.387. The summed E-state index contributed by atoms with van der Waals surface area (Å²) in [5.74, 6) is -0.347. The summed E-state index contributed by atoms with van der Waals surface area (Å²) in [6, 6.07) is 16.4. The molecule has 0 unspecified atom stereocenters. The van der Waals surface area contributed by atoms with E-state index in [9.17, 15) is 4.79 Å². The van der Waals surface area contributed by atoms with Gasteiger partial charge in [-0.3, -0.25) is 9.78 Å². The Balaban J connectivity index is 1.42. The molecule has 178 valence electrons. The fraction of sp³-hybridized carbons (Fsp3) is 0.115. The van der Waals surface area contributed by atoms with Gasteiger partial charge in [-0.15, -0.1) is 0 Å². The van der Waals surface area contributed by atoms with Crippen LogP contribution in [0.4, 0.5) is 15.9 Å². The maximum Gasteiger partial charge on any atom is 0.258 e. The van der Waals surface area contributed by atoms with Crippen LogP contribution in [-0.4, -0.2) is 30.8 Å². The molecule has 9 nitrogen and oxygen atoms in total. The summed E-state index contributed by atoms with van der Waals surface area (Å²) in [6.45, 7) is 2.12. The molecule has 4 heterocycles. The lowest BCUT2D eigenvalue weighted by atomic mass is 9.99. The highest BCUT2D eigenvalue weighted by atomic mass is 19.1. The molecule has 0 saturated heterocycles. The molecule has 1 aliphatic rings. The SMILES string of the molecule is Cc1c(-c2nc(-c3ccccn3)no2)ccc(-c2nn3c(c2C(N)=O)Nc2ccccc2CC3)c1F. The number of hydrogen-bond donors (Lipinski definition) is 2. The van der Waals surface area contributed by atoms with Crippen LogP contribution >= 0.6 is 0 Å². The van der Waals surface area contributed by atoms with Gasteiger partial charge in [-0.2, -0.15) is 10.1 Å². The lowest BCUT2D eigenvalue weighted by Gasteiger charge is -2.10. The number of amides is 1. The van der Waals surface area contributed by atoms with E-state index in [0.717, 1.165) is 11.3 Å². The first-order valence-corrected chi connectivity index (χ1v) is 11.3. The maximum atomic E-state index is 15.8. The van der Waals surface area contributed by atoms with E-state index in [2.05, 4.69) is 25.5 Å². The van der Waals surface area contributed by atoms with Gasteiger partial charge in [-0.05, 0) is 54.8 Å². The van der Waals surface area contributed by atoms with Gasteiger partial charge in [0.05, 0.1) is 0 Å². The van der Waals surface area contributed by atoms with Crippen LogP contribution < -0.4 is 11.1 Å². The van der Waals surface area contributed by atoms with Crippen LogP contribution in [0.2, 0.25) is 0 Å². The molecule has 0 radical (unpaired) electrons. The van der Waals surface area contributed by atoms with Gasteiger partial charge in [0.2, 0.25) is 5.82 Å². The number of anilines is 2. The third-order valence-corrected chi connectivity index (χ3v) is 6.25. The molecule has 0 fully saturated rings. The molecule has 0 atom stereocenters. The number of aromatic nitrogens is 5. The van der Waals surface area contributed by atoms with E-state index in [1.165, 1.54) is 0 Å². The van der Waals surface area contributed by atoms with E-state index >= 15 is 4.39 Å². The molecule has 0 spiro atoms. The highest BCUT2D eigenvalue weighted by molar-refractivity contribution is 6.04. The summed E-state index contributed by atoms with van der Waals surface area (Å²) >= 11 is 0. The molecule has 5 aromatic rings. The summed E-state index contributed by atoms with van der Waals surface area (Å²) in [5.41, 5.74) is 9.44. The molecule has 3 N–H and O–H groups in total. The summed E-state index contributed by atoms with van der Waals surface area (Å²) < 4.78 is 22.8. The van der Waals surface area contributed by atoms with Crippen LogP contribution in [0.25, 0.3) is 34.2 Å². The first kappa shape index (κ1) is 21.7. The number of nitrogens with zero attached hydrogens (tertiary/aromatic N) is 5. The number of pyridine rings is 1. The topological polar surface area (TPSA) is 125 Å². The third kappa shape index (κ3) is 3.50. The summed E-state index contributed by atoms with van der Waals surface area (Å²) in [6.07, 6.45) is 2.33. The molecule has 1 amide bonds. The monoisotopic (exact) mass is 481 g/mol. The zero-order valence-electron chi connectivity index (χ0n) is 19.2. The molecular formula is C26H20FN7O2. The number of hydrogen-bond acceptors (Lipinski definition) is 7. The smallest absolute Gasteiger partial charge is 0.258 e. The number of para-hydroxylation sites is 1. The average molecular weight is 481 g/mol. The highest BCUT2D eigenvalue weighted by Gasteiger charge is 2.28. The molecule has 10 heteroatoms. The number of nitrogens with two attached hydrogens (primary N) is 1. The minimum atomic E-state index is -0.698. The van der Waals surface area contributed by atoms with Gasteiger partial charge in [-0.25, -0.2) is 9.07 Å². The van der Waals surface area contributed by atoms with E-state index < -0.39 is 11.7 Å². The molecule has 36 heavy (non-hydrogen) atoms. The van der Waals surface area contributed by atoms with Crippen LogP contribution in [0.15, 0.2) is 65.3 Å². The number of halogens is 1. The van der Waals surface area contributed by atoms with Gasteiger partial charge in [0.15, 0.2) is 0 Å². The van der Waals surface area contributed by atoms with Gasteiger partial charge in [0, 0.05) is 29.6 Å². The summed E-state index contributed by atoms with van der Waals surface area (Å²) in [4.78, 5) is 21.1. The fourth-order valence-electron chi connectivity index (χ4n) is 4.42. The molecule has 0 bridgehead atoms. The molecule has 0 saturated carbocycles. The second kappa shape index (κ2) is 8.42. The largest absolute Gasteiger partial charge is 0.365 e. The lowest BCUT2D eigenvalue weighted by Crippen LogP contribution is -2.14. The third-order valence-electron chi connectivity index (χ3n) is 6.25. The number of fused-ring (bicyclic) bond motifs is 2. The molecule has 3 aromatic heterocycles. The Labute approximate surface area is 204 Å². The number of carbonyl (C=O) groups is 1. The van der Waals surface area contributed by atoms with Crippen LogP contribution in [0.3, 0.4) is 0 Å². The standard InChI is InChI=1S/C26H20FN7O2/c1-14-16(26-31-24(33-36-26)19-8-4-5-12-29-19)9-10-17(21(14)27)22-20(23(28)35)25-30-18-7-3-2-6-15(18)11-13-34(25)32-22/h2-10,12,30H,11,13H2,1H3,(H2,28,35). The van der Waals surface area contributed by atoms with Crippen molar-refractivity contribution in [3.05, 3.63) is 83.3 Å². The van der Waals surface area contributed by atoms with Gasteiger partial charge in [0.1, 0.15) is 28.6 Å². The Bertz CT molecular complexity index is 1630. The number of primary amides is 1. The second-order valence-electron chi connectivity index (χ2n) is 8.43. The first-order chi connectivity index (χ1) is 17.5. The molecule has 0 aliphatic carbocycles. The minimum Gasteiger partial charge on any atom is -0.365 e. The zero-order chi connectivity index (χ0) is 24.8. The summed E-state index contributed by atoms with van der Waals surface area (Å²) in [7, 11) is 0. The Morgan fingerprint density at radius 2 is 1.92 bits per heavy atom. The van der Waals surface area contributed by atoms with Crippen molar-refractivity contribution in [3.8, 4) is 34.2 Å². The van der Waals surface area contributed by atoms with Crippen LogP contribution in [0.1, 0.15) is 21.5 Å². The Morgan fingerprint density at radius 1 is 1.11 bits per heavy atom. The average Bonchev–Trinajstić information content (AvgIpc) is 3.47. The van der Waals surface area contributed by atoms with Gasteiger partial charge >= 0.3 is 0 Å². The van der Waals surface area contributed by atoms with Crippen molar-refractivity contribution in [3.63, 3.8) is 0 Å². The van der Waals surface area contributed by atoms with Gasteiger partial charge in [-0.1, -0.05) is 29.4 Å². The number of nitrogens with one attached hydrogen (secondary N) is 1. The van der Waals surface area contributed by atoms with Crippen molar-refractivity contribution < 1.29 is 13.7 Å². The second-order valence-corrected chi connectivity index (χ2v) is 8.43. The number of carbonyl (C=O) groups excluding carboxylic acids is 1. The molecular weight excluding hydrogens is 461 g/mol. The predicted octanol–water partition coefficient (Wildman–Crippen LogP) is 4.51.